The van der Waals surface area contributed by atoms with Crippen LogP contribution in [0.25, 0.3) is 22.3 Å². The van der Waals surface area contributed by atoms with E-state index in [4.69, 9.17) is 0 Å². The van der Waals surface area contributed by atoms with E-state index in [-0.39, 0.29) is 0 Å². The van der Waals surface area contributed by atoms with Crippen molar-refractivity contribution in [2.45, 2.75) is 5.41 Å². The number of para-hydroxylation sites is 4. The highest BCUT2D eigenvalue weighted by molar-refractivity contribution is 6.03. The lowest BCUT2D eigenvalue weighted by molar-refractivity contribution is 0.793. The summed E-state index contributed by atoms with van der Waals surface area (Å²) in [5.74, 6) is 0. The van der Waals surface area contributed by atoms with Gasteiger partial charge in [-0.25, -0.2) is 0 Å². The van der Waals surface area contributed by atoms with E-state index in [0.29, 0.717) is 0 Å². The van der Waals surface area contributed by atoms with Crippen molar-refractivity contribution in [2.75, 3.05) is 9.80 Å². The summed E-state index contributed by atoms with van der Waals surface area (Å²) in [5.41, 5.74) is 16.6. The maximum Gasteiger partial charge on any atom is 0.0727 e. The summed E-state index contributed by atoms with van der Waals surface area (Å²) >= 11 is 0. The Morgan fingerprint density at radius 2 is 0.627 bits per heavy atom. The number of fused-ring (bicyclic) bond motifs is 10. The number of benzene rings is 8. The van der Waals surface area contributed by atoms with Gasteiger partial charge in [0.15, 0.2) is 0 Å². The van der Waals surface area contributed by atoms with Crippen LogP contribution in [0.5, 0.6) is 0 Å². The van der Waals surface area contributed by atoms with Crippen molar-refractivity contribution in [1.29, 1.82) is 0 Å². The molecule has 0 atom stereocenters. The van der Waals surface area contributed by atoms with Crippen LogP contribution in [-0.2, 0) is 5.41 Å². The highest BCUT2D eigenvalue weighted by Gasteiger charge is 2.52. The van der Waals surface area contributed by atoms with Gasteiger partial charge < -0.3 is 9.80 Å². The predicted molar refractivity (Wildman–Crippen MR) is 212 cm³/mol. The molecule has 0 fully saturated rings. The zero-order chi connectivity index (χ0) is 33.8. The molecule has 0 saturated carbocycles. The fourth-order valence-electron chi connectivity index (χ4n) is 8.67. The Bertz CT molecular complexity index is 2400. The van der Waals surface area contributed by atoms with Gasteiger partial charge in [0.1, 0.15) is 0 Å². The topological polar surface area (TPSA) is 6.48 Å². The predicted octanol–water partition coefficient (Wildman–Crippen LogP) is 13.0. The fraction of sp³-hybridized carbons (Fsp3) is 0.0204. The largest absolute Gasteiger partial charge is 0.310 e. The van der Waals surface area contributed by atoms with Crippen LogP contribution in [-0.4, -0.2) is 0 Å². The summed E-state index contributed by atoms with van der Waals surface area (Å²) in [6.45, 7) is 0. The summed E-state index contributed by atoms with van der Waals surface area (Å²) < 4.78 is 0. The van der Waals surface area contributed by atoms with E-state index in [1.54, 1.807) is 0 Å². The van der Waals surface area contributed by atoms with E-state index in [2.05, 4.69) is 216 Å². The van der Waals surface area contributed by atoms with Gasteiger partial charge in [-0.2, -0.15) is 0 Å². The summed E-state index contributed by atoms with van der Waals surface area (Å²) in [5, 5.41) is 0. The number of nitrogens with zero attached hydrogens (tertiary/aromatic N) is 2. The monoisotopic (exact) mass is 650 g/mol. The molecular formula is C49H34N2. The van der Waals surface area contributed by atoms with E-state index in [0.717, 1.165) is 34.1 Å². The lowest BCUT2D eigenvalue weighted by Gasteiger charge is -2.34. The van der Waals surface area contributed by atoms with Gasteiger partial charge >= 0.3 is 0 Å². The summed E-state index contributed by atoms with van der Waals surface area (Å²) in [6, 6.07) is 75.1. The maximum atomic E-state index is 2.48. The average Bonchev–Trinajstić information content (AvgIpc) is 3.67. The molecule has 0 saturated heterocycles. The van der Waals surface area contributed by atoms with Gasteiger partial charge in [0.25, 0.3) is 0 Å². The molecule has 0 radical (unpaired) electrons. The number of hydrogen-bond acceptors (Lipinski definition) is 2. The molecule has 8 aromatic carbocycles. The van der Waals surface area contributed by atoms with E-state index in [9.17, 15) is 0 Å². The minimum Gasteiger partial charge on any atom is -0.310 e. The van der Waals surface area contributed by atoms with Crippen molar-refractivity contribution in [2.24, 2.45) is 0 Å². The molecule has 0 bridgehead atoms. The van der Waals surface area contributed by atoms with Gasteiger partial charge in [-0.15, -0.1) is 0 Å². The first kappa shape index (κ1) is 29.3. The zero-order valence-corrected chi connectivity index (χ0v) is 28.0. The fourth-order valence-corrected chi connectivity index (χ4v) is 8.67. The van der Waals surface area contributed by atoms with Crippen molar-refractivity contribution in [3.8, 4) is 22.3 Å². The molecule has 240 valence electrons. The highest BCUT2D eigenvalue weighted by Crippen LogP contribution is 2.65. The highest BCUT2D eigenvalue weighted by atomic mass is 15.2. The molecule has 0 N–H and O–H groups in total. The van der Waals surface area contributed by atoms with Gasteiger partial charge in [0.05, 0.1) is 11.1 Å². The molecule has 0 aromatic heterocycles. The normalized spacial score (nSPS) is 12.9. The van der Waals surface area contributed by atoms with Crippen molar-refractivity contribution in [3.05, 3.63) is 229 Å². The summed E-state index contributed by atoms with van der Waals surface area (Å²) in [7, 11) is 0. The molecule has 1 spiro atoms. The minimum atomic E-state index is -0.498. The van der Waals surface area contributed by atoms with Crippen LogP contribution < -0.4 is 9.80 Å². The van der Waals surface area contributed by atoms with Crippen LogP contribution in [0.1, 0.15) is 22.3 Å². The van der Waals surface area contributed by atoms with Crippen molar-refractivity contribution in [1.82, 2.24) is 0 Å². The van der Waals surface area contributed by atoms with Gasteiger partial charge in [0.2, 0.25) is 0 Å². The van der Waals surface area contributed by atoms with Crippen molar-refractivity contribution in [3.63, 3.8) is 0 Å². The Kier molecular flexibility index (Phi) is 6.75. The molecule has 2 nitrogen and oxygen atoms in total. The molecule has 0 amide bonds. The molecule has 2 aliphatic carbocycles. The van der Waals surface area contributed by atoms with Gasteiger partial charge in [-0.3, -0.25) is 0 Å². The third kappa shape index (κ3) is 4.36. The molecule has 0 unspecified atom stereocenters. The Morgan fingerprint density at radius 3 is 1.08 bits per heavy atom. The Labute approximate surface area is 299 Å². The molecule has 2 aliphatic rings. The lowest BCUT2D eigenvalue weighted by Crippen LogP contribution is -2.26. The van der Waals surface area contributed by atoms with Gasteiger partial charge in [-0.1, -0.05) is 146 Å². The lowest BCUT2D eigenvalue weighted by atomic mass is 9.70. The second kappa shape index (κ2) is 11.8. The van der Waals surface area contributed by atoms with E-state index >= 15 is 0 Å². The minimum absolute atomic E-state index is 0.498. The number of rotatable bonds is 6. The first-order valence-corrected chi connectivity index (χ1v) is 17.6. The molecule has 51 heavy (non-hydrogen) atoms. The van der Waals surface area contributed by atoms with Crippen molar-refractivity contribution < 1.29 is 0 Å². The molecule has 10 rings (SSSR count). The van der Waals surface area contributed by atoms with E-state index < -0.39 is 5.41 Å². The average molecular weight is 651 g/mol. The van der Waals surface area contributed by atoms with Crippen LogP contribution in [0.2, 0.25) is 0 Å². The zero-order valence-electron chi connectivity index (χ0n) is 28.0. The quantitative estimate of drug-likeness (QED) is 0.177. The first-order valence-electron chi connectivity index (χ1n) is 17.6. The van der Waals surface area contributed by atoms with Crippen LogP contribution in [0.3, 0.4) is 0 Å². The second-order valence-corrected chi connectivity index (χ2v) is 13.3. The molecule has 0 heterocycles. The first-order chi connectivity index (χ1) is 25.3. The van der Waals surface area contributed by atoms with Crippen LogP contribution in [0.4, 0.5) is 34.1 Å². The van der Waals surface area contributed by atoms with Crippen molar-refractivity contribution >= 4 is 34.1 Å². The summed E-state index contributed by atoms with van der Waals surface area (Å²) in [6.07, 6.45) is 0. The Morgan fingerprint density at radius 1 is 0.275 bits per heavy atom. The second-order valence-electron chi connectivity index (χ2n) is 13.3. The standard InChI is InChI=1S/C49H34N2/c1-5-19-35(20-6-1)50(36-21-7-2-8-22-36)39-33-46-48(47(34-39)51(37-23-9-3-10-24-37)38-25-11-4-12-26-38)42-29-15-18-32-45(42)49(46)43-30-16-13-27-40(43)41-28-14-17-31-44(41)49/h1-34H. The van der Waals surface area contributed by atoms with E-state index in [1.807, 2.05) is 0 Å². The molecular weight excluding hydrogens is 617 g/mol. The van der Waals surface area contributed by atoms with Crippen LogP contribution >= 0.6 is 0 Å². The molecule has 2 heteroatoms. The van der Waals surface area contributed by atoms with Crippen LogP contribution in [0.15, 0.2) is 206 Å². The van der Waals surface area contributed by atoms with Gasteiger partial charge in [-0.05, 0) is 99.6 Å². The van der Waals surface area contributed by atoms with Crippen LogP contribution in [0, 0.1) is 0 Å². The Balaban J connectivity index is 1.38. The molecule has 8 aromatic rings. The number of hydrogen-bond donors (Lipinski definition) is 0. The van der Waals surface area contributed by atoms with Gasteiger partial charge in [0, 0.05) is 34.0 Å². The maximum absolute atomic E-state index is 2.48. The third-order valence-electron chi connectivity index (χ3n) is 10.6. The third-order valence-corrected chi connectivity index (χ3v) is 10.6. The summed E-state index contributed by atoms with van der Waals surface area (Å²) in [4.78, 5) is 4.85. The number of anilines is 6. The van der Waals surface area contributed by atoms with E-state index in [1.165, 1.54) is 44.5 Å². The smallest absolute Gasteiger partial charge is 0.0727 e. The SMILES string of the molecule is c1ccc(N(c2ccccc2)c2cc(N(c3ccccc3)c3ccccc3)c3c(c2)C2(c4ccccc4-c4ccccc42)c2ccccc2-3)cc1. The molecule has 0 aliphatic heterocycles. The Hall–Kier alpha value is -6.64.